The second kappa shape index (κ2) is 9.30. The van der Waals surface area contributed by atoms with E-state index in [9.17, 15) is 17.6 Å². The van der Waals surface area contributed by atoms with Gasteiger partial charge in [-0.1, -0.05) is 6.07 Å². The zero-order valence-electron chi connectivity index (χ0n) is 18.9. The van der Waals surface area contributed by atoms with Gasteiger partial charge in [0.15, 0.2) is 5.76 Å². The van der Waals surface area contributed by atoms with Crippen LogP contribution in [0.25, 0.3) is 0 Å². The number of sulfonamides is 1. The number of fused-ring (bicyclic) bond motifs is 1. The molecule has 2 N–H and O–H groups in total. The van der Waals surface area contributed by atoms with Crippen molar-refractivity contribution in [2.24, 2.45) is 5.10 Å². The van der Waals surface area contributed by atoms with Crippen molar-refractivity contribution < 1.29 is 26.8 Å². The molecule has 0 radical (unpaired) electrons. The molecule has 0 saturated heterocycles. The Labute approximate surface area is 196 Å². The van der Waals surface area contributed by atoms with Gasteiger partial charge in [0, 0.05) is 17.5 Å². The van der Waals surface area contributed by atoms with E-state index in [1.807, 2.05) is 13.0 Å². The Morgan fingerprint density at radius 2 is 1.85 bits per heavy atom. The summed E-state index contributed by atoms with van der Waals surface area (Å²) in [6.07, 6.45) is 1.79. The number of hydrazone groups is 1. The summed E-state index contributed by atoms with van der Waals surface area (Å²) in [5, 5.41) is 6.95. The molecule has 1 heterocycles. The Morgan fingerprint density at radius 1 is 1.12 bits per heavy atom. The molecule has 1 amide bonds. The number of nitrogens with one attached hydrogen (secondary N) is 2. The Hall–Kier alpha value is -3.66. The molecule has 1 aliphatic rings. The summed E-state index contributed by atoms with van der Waals surface area (Å²) in [6.45, 7) is 3.64. The molecule has 0 spiro atoms. The van der Waals surface area contributed by atoms with Crippen LogP contribution in [0.5, 0.6) is 5.75 Å². The number of halogens is 1. The Kier molecular flexibility index (Phi) is 6.43. The zero-order valence-corrected chi connectivity index (χ0v) is 19.8. The van der Waals surface area contributed by atoms with E-state index < -0.39 is 21.7 Å². The predicted molar refractivity (Wildman–Crippen MR) is 125 cm³/mol. The lowest BCUT2D eigenvalue weighted by Crippen LogP contribution is -2.22. The van der Waals surface area contributed by atoms with E-state index in [0.717, 1.165) is 29.8 Å². The third-order valence-electron chi connectivity index (χ3n) is 5.56. The van der Waals surface area contributed by atoms with Gasteiger partial charge in [0.05, 0.1) is 23.4 Å². The molecule has 0 saturated carbocycles. The molecule has 34 heavy (non-hydrogen) atoms. The van der Waals surface area contributed by atoms with Crippen LogP contribution < -0.4 is 14.9 Å². The predicted octanol–water partition coefficient (Wildman–Crippen LogP) is 4.32. The fourth-order valence-electron chi connectivity index (χ4n) is 3.88. The van der Waals surface area contributed by atoms with Crippen LogP contribution in [-0.2, 0) is 16.4 Å². The normalized spacial score (nSPS) is 14.5. The number of methoxy groups -OCH3 is 1. The first-order chi connectivity index (χ1) is 16.2. The average Bonchev–Trinajstić information content (AvgIpc) is 3.15. The van der Waals surface area contributed by atoms with E-state index in [1.54, 1.807) is 19.1 Å². The molecule has 2 aromatic carbocycles. The van der Waals surface area contributed by atoms with Gasteiger partial charge in [-0.2, -0.15) is 18.4 Å². The molecule has 10 heteroatoms. The number of hydrogen-bond donors (Lipinski definition) is 2. The van der Waals surface area contributed by atoms with Gasteiger partial charge >= 0.3 is 0 Å². The smallest absolute Gasteiger partial charge is 0.291 e. The lowest BCUT2D eigenvalue weighted by molar-refractivity contribution is 0.0993. The number of carbonyl (C=O) groups excluding carboxylic acids is 1. The fraction of sp³-hybridized carbons (Fsp3) is 0.250. The minimum absolute atomic E-state index is 0.106. The van der Waals surface area contributed by atoms with Crippen LogP contribution >= 0.6 is 0 Å². The van der Waals surface area contributed by atoms with E-state index in [4.69, 9.17) is 9.15 Å². The molecule has 4 rings (SSSR count). The summed E-state index contributed by atoms with van der Waals surface area (Å²) in [7, 11) is -2.46. The highest BCUT2D eigenvalue weighted by Gasteiger charge is 2.29. The maximum atomic E-state index is 13.1. The number of hydrogen-bond acceptors (Lipinski definition) is 6. The SMILES string of the molecule is COc1ccc(C)cc1NC(=O)c1oc2c(c1C)/C(=N/NS(=O)(=O)c1ccc(F)cc1)CCC2. The van der Waals surface area contributed by atoms with Gasteiger partial charge in [0.2, 0.25) is 0 Å². The van der Waals surface area contributed by atoms with E-state index in [1.165, 1.54) is 7.11 Å². The van der Waals surface area contributed by atoms with Crippen molar-refractivity contribution in [2.75, 3.05) is 12.4 Å². The number of nitrogens with zero attached hydrogens (tertiary/aromatic N) is 1. The number of anilines is 1. The number of aryl methyl sites for hydroxylation is 2. The monoisotopic (exact) mass is 485 g/mol. The van der Waals surface area contributed by atoms with E-state index in [-0.39, 0.29) is 10.7 Å². The Morgan fingerprint density at radius 3 is 2.56 bits per heavy atom. The molecule has 1 aromatic heterocycles. The summed E-state index contributed by atoms with van der Waals surface area (Å²) in [5.74, 6) is 0.243. The third-order valence-corrected chi connectivity index (χ3v) is 6.78. The van der Waals surface area contributed by atoms with Gasteiger partial charge in [0.1, 0.15) is 17.3 Å². The van der Waals surface area contributed by atoms with Crippen LogP contribution in [0, 0.1) is 19.7 Å². The van der Waals surface area contributed by atoms with Crippen LogP contribution in [0.15, 0.2) is 56.9 Å². The van der Waals surface area contributed by atoms with Crippen molar-refractivity contribution in [1.29, 1.82) is 0 Å². The van der Waals surface area contributed by atoms with Gasteiger partial charge in [-0.25, -0.2) is 4.39 Å². The van der Waals surface area contributed by atoms with Gasteiger partial charge in [-0.3, -0.25) is 4.79 Å². The van der Waals surface area contributed by atoms with Crippen molar-refractivity contribution in [3.63, 3.8) is 0 Å². The van der Waals surface area contributed by atoms with Gasteiger partial charge in [-0.15, -0.1) is 0 Å². The highest BCUT2D eigenvalue weighted by molar-refractivity contribution is 7.89. The molecule has 0 bridgehead atoms. The molecule has 0 fully saturated rings. The van der Waals surface area contributed by atoms with Gasteiger partial charge in [0.25, 0.3) is 15.9 Å². The number of amides is 1. The van der Waals surface area contributed by atoms with E-state index in [0.29, 0.717) is 53.3 Å². The number of furan rings is 1. The molecular formula is C24H24FN3O5S. The molecule has 8 nitrogen and oxygen atoms in total. The first-order valence-electron chi connectivity index (χ1n) is 10.6. The van der Waals surface area contributed by atoms with Crippen molar-refractivity contribution in [3.8, 4) is 5.75 Å². The van der Waals surface area contributed by atoms with Crippen molar-refractivity contribution in [1.82, 2.24) is 4.83 Å². The Balaban J connectivity index is 1.61. The number of rotatable bonds is 6. The highest BCUT2D eigenvalue weighted by atomic mass is 32.2. The average molecular weight is 486 g/mol. The third kappa shape index (κ3) is 4.67. The van der Waals surface area contributed by atoms with Crippen molar-refractivity contribution in [2.45, 2.75) is 38.0 Å². The molecule has 0 atom stereocenters. The first-order valence-corrected chi connectivity index (χ1v) is 12.1. The first kappa shape index (κ1) is 23.5. The second-order valence-corrected chi connectivity index (χ2v) is 9.63. The minimum Gasteiger partial charge on any atom is -0.495 e. The van der Waals surface area contributed by atoms with Crippen molar-refractivity contribution >= 4 is 27.3 Å². The number of benzene rings is 2. The highest BCUT2D eigenvalue weighted by Crippen LogP contribution is 2.32. The maximum Gasteiger partial charge on any atom is 0.291 e. The van der Waals surface area contributed by atoms with Gasteiger partial charge < -0.3 is 14.5 Å². The summed E-state index contributed by atoms with van der Waals surface area (Å²) >= 11 is 0. The van der Waals surface area contributed by atoms with Crippen LogP contribution in [0.3, 0.4) is 0 Å². The standard InChI is InChI=1S/C24H24FN3O5S/c1-14-7-12-20(32-3)19(13-14)26-24(29)23-15(2)22-18(5-4-6-21(22)33-23)27-28-34(30,31)17-10-8-16(25)9-11-17/h7-13,28H,4-6H2,1-3H3,(H,26,29)/b27-18+. The van der Waals surface area contributed by atoms with Crippen LogP contribution in [-0.4, -0.2) is 27.1 Å². The minimum atomic E-state index is -3.98. The molecule has 1 aliphatic carbocycles. The number of carbonyl (C=O) groups is 1. The number of ether oxygens (including phenoxy) is 1. The van der Waals surface area contributed by atoms with E-state index >= 15 is 0 Å². The van der Waals surface area contributed by atoms with Crippen LogP contribution in [0.1, 0.15) is 45.8 Å². The summed E-state index contributed by atoms with van der Waals surface area (Å²) in [5.41, 5.74) is 3.13. The lowest BCUT2D eigenvalue weighted by atomic mass is 9.93. The molecule has 0 unspecified atom stereocenters. The van der Waals surface area contributed by atoms with Gasteiger partial charge in [-0.05, 0) is 68.7 Å². The fourth-order valence-corrected chi connectivity index (χ4v) is 4.71. The summed E-state index contributed by atoms with van der Waals surface area (Å²) in [4.78, 5) is 15.1. The molecule has 0 aliphatic heterocycles. The Bertz CT molecular complexity index is 1380. The summed E-state index contributed by atoms with van der Waals surface area (Å²) in [6, 6.07) is 9.89. The zero-order chi connectivity index (χ0) is 24.5. The quantitative estimate of drug-likeness (QED) is 0.506. The van der Waals surface area contributed by atoms with Crippen LogP contribution in [0.2, 0.25) is 0 Å². The molecule has 3 aromatic rings. The molecular weight excluding hydrogens is 461 g/mol. The van der Waals surface area contributed by atoms with E-state index in [2.05, 4.69) is 15.2 Å². The van der Waals surface area contributed by atoms with Crippen LogP contribution in [0.4, 0.5) is 10.1 Å². The molecule has 178 valence electrons. The summed E-state index contributed by atoms with van der Waals surface area (Å²) < 4.78 is 49.4. The maximum absolute atomic E-state index is 13.1. The largest absolute Gasteiger partial charge is 0.495 e. The second-order valence-electron chi connectivity index (χ2n) is 7.97. The lowest BCUT2D eigenvalue weighted by Gasteiger charge is -2.14. The van der Waals surface area contributed by atoms with Crippen molar-refractivity contribution in [3.05, 3.63) is 76.5 Å². The topological polar surface area (TPSA) is 110 Å².